The van der Waals surface area contributed by atoms with Gasteiger partial charge >= 0.3 is 0 Å². The Bertz CT molecular complexity index is 193. The zero-order valence-electron chi connectivity index (χ0n) is 12.0. The van der Waals surface area contributed by atoms with Gasteiger partial charge in [-0.1, -0.05) is 57.8 Å². The van der Waals surface area contributed by atoms with E-state index < -0.39 is 0 Å². The van der Waals surface area contributed by atoms with Crippen molar-refractivity contribution in [3.8, 4) is 0 Å². The Labute approximate surface area is 116 Å². The van der Waals surface area contributed by atoms with Gasteiger partial charge in [-0.25, -0.2) is 5.43 Å². The van der Waals surface area contributed by atoms with Gasteiger partial charge in [-0.15, -0.1) is 0 Å². The maximum absolute atomic E-state index is 4.73. The molecule has 6 heteroatoms. The lowest BCUT2D eigenvalue weighted by atomic mass is 10.1. The maximum Gasteiger partial charge on any atom is 0.0636 e. The summed E-state index contributed by atoms with van der Waals surface area (Å²) in [5, 5.41) is 7.48. The van der Waals surface area contributed by atoms with Crippen LogP contribution in [0.1, 0.15) is 70.6 Å². The van der Waals surface area contributed by atoms with Gasteiger partial charge in [-0.3, -0.25) is 4.94 Å². The molecule has 0 bridgehead atoms. The Morgan fingerprint density at radius 1 is 0.684 bits per heavy atom. The van der Waals surface area contributed by atoms with Gasteiger partial charge in [0.05, 0.1) is 6.54 Å². The van der Waals surface area contributed by atoms with Crippen LogP contribution in [0.3, 0.4) is 0 Å². The number of nitrogens with one attached hydrogen (secondary N) is 3. The second-order valence-electron chi connectivity index (χ2n) is 5.08. The first-order valence-electron chi connectivity index (χ1n) is 7.76. The minimum atomic E-state index is 0.745. The van der Waals surface area contributed by atoms with Crippen molar-refractivity contribution in [2.24, 2.45) is 10.4 Å². The molecule has 0 fully saturated rings. The predicted octanol–water partition coefficient (Wildman–Crippen LogP) is 3.19. The summed E-state index contributed by atoms with van der Waals surface area (Å²) in [4.78, 5) is 4.73. The lowest BCUT2D eigenvalue weighted by molar-refractivity contribution is -0.0107. The van der Waals surface area contributed by atoms with Crippen LogP contribution in [0.4, 0.5) is 0 Å². The quantitative estimate of drug-likeness (QED) is 0.633. The van der Waals surface area contributed by atoms with Crippen LogP contribution in [0.2, 0.25) is 0 Å². The van der Waals surface area contributed by atoms with Gasteiger partial charge in [-0.2, -0.15) is 10.6 Å². The Morgan fingerprint density at radius 2 is 1.26 bits per heavy atom. The summed E-state index contributed by atoms with van der Waals surface area (Å²) < 4.78 is 0. The molecule has 0 saturated heterocycles. The second kappa shape index (κ2) is 13.7. The lowest BCUT2D eigenvalue weighted by Gasteiger charge is -2.05. The van der Waals surface area contributed by atoms with E-state index >= 15 is 0 Å². The molecule has 0 unspecified atom stereocenters. The largest absolute Gasteiger partial charge is 0.263 e. The minimum Gasteiger partial charge on any atom is -0.263 e. The summed E-state index contributed by atoms with van der Waals surface area (Å²) in [6.45, 7) is 1.67. The van der Waals surface area contributed by atoms with Gasteiger partial charge in [0.15, 0.2) is 0 Å². The monoisotopic (exact) mass is 271 g/mol. The molecule has 0 amide bonds. The number of hydrazine groups is 2. The molecule has 0 spiro atoms. The van der Waals surface area contributed by atoms with Crippen LogP contribution >= 0.6 is 0 Å². The van der Waals surface area contributed by atoms with E-state index in [2.05, 4.69) is 26.9 Å². The summed E-state index contributed by atoms with van der Waals surface area (Å²) in [5.74, 6) is 0. The van der Waals surface area contributed by atoms with Crippen LogP contribution in [-0.2, 0) is 4.94 Å². The molecule has 112 valence electrons. The Hall–Kier alpha value is -0.720. The van der Waals surface area contributed by atoms with Crippen molar-refractivity contribution in [1.82, 2.24) is 16.5 Å². The van der Waals surface area contributed by atoms with E-state index in [1.165, 1.54) is 64.2 Å². The smallest absolute Gasteiger partial charge is 0.0636 e. The summed E-state index contributed by atoms with van der Waals surface area (Å²) in [5.41, 5.74) is 8.21. The molecule has 1 aliphatic rings. The Morgan fingerprint density at radius 3 is 1.95 bits per heavy atom. The van der Waals surface area contributed by atoms with E-state index in [1.54, 1.807) is 0 Å². The van der Waals surface area contributed by atoms with Crippen LogP contribution in [0.15, 0.2) is 10.4 Å². The van der Waals surface area contributed by atoms with Gasteiger partial charge in [0.2, 0.25) is 0 Å². The van der Waals surface area contributed by atoms with Crippen molar-refractivity contribution in [1.29, 1.82) is 0 Å². The van der Waals surface area contributed by atoms with E-state index in [9.17, 15) is 0 Å². The molecule has 6 nitrogen and oxygen atoms in total. The number of hydrogen-bond acceptors (Lipinski definition) is 6. The average Bonchev–Trinajstić information content (AvgIpc) is 2.43. The first-order chi connectivity index (χ1) is 9.50. The summed E-state index contributed by atoms with van der Waals surface area (Å²) in [7, 11) is 0. The SMILES string of the molecule is C1CCCCCCN=NONNNCCCCCC1. The van der Waals surface area contributed by atoms with Crippen LogP contribution < -0.4 is 16.5 Å². The number of nitrogens with zero attached hydrogens (tertiary/aromatic N) is 2. The van der Waals surface area contributed by atoms with Crippen molar-refractivity contribution in [3.05, 3.63) is 0 Å². The highest BCUT2D eigenvalue weighted by molar-refractivity contribution is 4.50. The van der Waals surface area contributed by atoms with Gasteiger partial charge in [-0.05, 0) is 18.4 Å². The van der Waals surface area contributed by atoms with E-state index in [4.69, 9.17) is 4.94 Å². The first-order valence-corrected chi connectivity index (χ1v) is 7.76. The molecule has 0 aliphatic carbocycles. The molecule has 0 aromatic rings. The normalized spacial score (nSPS) is 22.7. The highest BCUT2D eigenvalue weighted by atomic mass is 16.8. The van der Waals surface area contributed by atoms with Crippen molar-refractivity contribution < 1.29 is 4.94 Å². The second-order valence-corrected chi connectivity index (χ2v) is 5.08. The number of hydrogen-bond donors (Lipinski definition) is 3. The van der Waals surface area contributed by atoms with E-state index in [-0.39, 0.29) is 0 Å². The van der Waals surface area contributed by atoms with Crippen LogP contribution in [0.5, 0.6) is 0 Å². The third kappa shape index (κ3) is 12.1. The van der Waals surface area contributed by atoms with Crippen molar-refractivity contribution in [3.63, 3.8) is 0 Å². The van der Waals surface area contributed by atoms with E-state index in [1.807, 2.05) is 0 Å². The molecule has 0 aromatic heterocycles. The standard InChI is InChI=1S/C13H29N5O/c1-2-4-6-8-10-12-14-16-18-19-17-15-13-11-9-7-5-3-1/h14,16,18H,1-13H2. The zero-order valence-corrected chi connectivity index (χ0v) is 12.0. The maximum atomic E-state index is 4.73. The van der Waals surface area contributed by atoms with E-state index in [0.717, 1.165) is 19.5 Å². The molecule has 19 heavy (non-hydrogen) atoms. The molecule has 1 heterocycles. The highest BCUT2D eigenvalue weighted by Crippen LogP contribution is 2.11. The molecule has 0 saturated carbocycles. The average molecular weight is 271 g/mol. The summed E-state index contributed by atoms with van der Waals surface area (Å²) in [6, 6.07) is 0. The summed E-state index contributed by atoms with van der Waals surface area (Å²) in [6.07, 6.45) is 14.4. The van der Waals surface area contributed by atoms with Gasteiger partial charge in [0.25, 0.3) is 0 Å². The van der Waals surface area contributed by atoms with E-state index in [0.29, 0.717) is 0 Å². The first kappa shape index (κ1) is 16.3. The fraction of sp³-hybridized carbons (Fsp3) is 1.00. The molecule has 1 aliphatic heterocycles. The fourth-order valence-electron chi connectivity index (χ4n) is 2.20. The number of rotatable bonds is 0. The summed E-state index contributed by atoms with van der Waals surface area (Å²) >= 11 is 0. The molecule has 0 atom stereocenters. The van der Waals surface area contributed by atoms with Gasteiger partial charge in [0, 0.05) is 11.8 Å². The molecule has 3 N–H and O–H groups in total. The molecule has 1 rings (SSSR count). The minimum absolute atomic E-state index is 0.745. The van der Waals surface area contributed by atoms with Gasteiger partial charge < -0.3 is 0 Å². The lowest BCUT2D eigenvalue weighted by Crippen LogP contribution is -2.42. The molecular formula is C13H29N5O. The Balaban J connectivity index is 2.06. The van der Waals surface area contributed by atoms with Crippen LogP contribution in [0.25, 0.3) is 0 Å². The van der Waals surface area contributed by atoms with Crippen molar-refractivity contribution in [2.75, 3.05) is 13.1 Å². The van der Waals surface area contributed by atoms with Crippen molar-refractivity contribution >= 4 is 0 Å². The van der Waals surface area contributed by atoms with Gasteiger partial charge in [0.1, 0.15) is 0 Å². The predicted molar refractivity (Wildman–Crippen MR) is 75.9 cm³/mol. The van der Waals surface area contributed by atoms with Crippen molar-refractivity contribution in [2.45, 2.75) is 70.6 Å². The Kier molecular flexibility index (Phi) is 11.8. The van der Waals surface area contributed by atoms with Crippen LogP contribution in [-0.4, -0.2) is 13.1 Å². The molecule has 0 radical (unpaired) electrons. The highest BCUT2D eigenvalue weighted by Gasteiger charge is 1.94. The fourth-order valence-corrected chi connectivity index (χ4v) is 2.20. The molecular weight excluding hydrogens is 242 g/mol. The zero-order chi connectivity index (χ0) is 13.4. The van der Waals surface area contributed by atoms with Crippen LogP contribution in [0, 0.1) is 0 Å². The third-order valence-corrected chi connectivity index (χ3v) is 3.34. The topological polar surface area (TPSA) is 70.0 Å². The third-order valence-electron chi connectivity index (χ3n) is 3.34. The molecule has 0 aromatic carbocycles.